The third-order valence-electron chi connectivity index (χ3n) is 3.94. The van der Waals surface area contributed by atoms with Gasteiger partial charge in [0.25, 0.3) is 0 Å². The van der Waals surface area contributed by atoms with E-state index in [-0.39, 0.29) is 0 Å². The Morgan fingerprint density at radius 1 is 1.37 bits per heavy atom. The summed E-state index contributed by atoms with van der Waals surface area (Å²) in [6.07, 6.45) is 3.66. The zero-order valence-corrected chi connectivity index (χ0v) is 11.8. The first kappa shape index (κ1) is 12.5. The number of fused-ring (bicyclic) bond motifs is 3. The number of benzene rings is 1. The molecule has 2 N–H and O–H groups in total. The molecule has 2 aromatic rings. The van der Waals surface area contributed by atoms with Crippen molar-refractivity contribution in [3.8, 4) is 5.75 Å². The van der Waals surface area contributed by atoms with E-state index < -0.39 is 0 Å². The van der Waals surface area contributed by atoms with Crippen LogP contribution in [0.5, 0.6) is 5.75 Å². The molecule has 0 radical (unpaired) electrons. The topological polar surface area (TPSA) is 37.0 Å². The van der Waals surface area contributed by atoms with Crippen LogP contribution in [0.1, 0.15) is 44.0 Å². The maximum atomic E-state index is 5.62. The van der Waals surface area contributed by atoms with Crippen LogP contribution in [0, 0.1) is 0 Å². The van der Waals surface area contributed by atoms with Gasteiger partial charge in [0.05, 0.1) is 6.61 Å². The molecule has 0 fully saturated rings. The Morgan fingerprint density at radius 3 is 3.05 bits per heavy atom. The normalized spacial score (nSPS) is 18.5. The molecule has 0 aliphatic heterocycles. The molecule has 1 heterocycles. The number of aromatic nitrogens is 1. The number of nitrogens with one attached hydrogen (secondary N) is 2. The van der Waals surface area contributed by atoms with Crippen LogP contribution in [0.4, 0.5) is 0 Å². The van der Waals surface area contributed by atoms with Gasteiger partial charge in [0, 0.05) is 22.6 Å². The lowest BCUT2D eigenvalue weighted by Crippen LogP contribution is -2.24. The second kappa shape index (κ2) is 5.25. The summed E-state index contributed by atoms with van der Waals surface area (Å²) in [4.78, 5) is 3.60. The van der Waals surface area contributed by atoms with Crippen molar-refractivity contribution in [1.29, 1.82) is 0 Å². The number of aromatic amines is 1. The Hall–Kier alpha value is -1.48. The van der Waals surface area contributed by atoms with E-state index in [1.165, 1.54) is 41.4 Å². The van der Waals surface area contributed by atoms with E-state index in [4.69, 9.17) is 4.74 Å². The van der Waals surface area contributed by atoms with Gasteiger partial charge in [-0.05, 0) is 56.5 Å². The number of H-pyrrole nitrogens is 1. The van der Waals surface area contributed by atoms with Crippen LogP contribution in [0.3, 0.4) is 0 Å². The first-order chi connectivity index (χ1) is 9.33. The summed E-state index contributed by atoms with van der Waals surface area (Å²) in [6.45, 7) is 5.93. The molecule has 1 aliphatic rings. The van der Waals surface area contributed by atoms with Crippen molar-refractivity contribution in [3.05, 3.63) is 29.5 Å². The molecule has 1 atom stereocenters. The minimum absolute atomic E-state index is 0.483. The van der Waals surface area contributed by atoms with Gasteiger partial charge in [0.2, 0.25) is 0 Å². The van der Waals surface area contributed by atoms with E-state index in [1.54, 1.807) is 0 Å². The molecule has 0 saturated heterocycles. The van der Waals surface area contributed by atoms with Gasteiger partial charge in [-0.15, -0.1) is 0 Å². The quantitative estimate of drug-likeness (QED) is 0.880. The van der Waals surface area contributed by atoms with Crippen molar-refractivity contribution in [2.75, 3.05) is 13.2 Å². The van der Waals surface area contributed by atoms with Gasteiger partial charge in [0.1, 0.15) is 5.75 Å². The average Bonchev–Trinajstić information content (AvgIpc) is 2.79. The maximum absolute atomic E-state index is 5.62. The van der Waals surface area contributed by atoms with Crippen molar-refractivity contribution in [2.24, 2.45) is 0 Å². The second-order valence-electron chi connectivity index (χ2n) is 5.16. The second-order valence-corrected chi connectivity index (χ2v) is 5.16. The average molecular weight is 258 g/mol. The van der Waals surface area contributed by atoms with Gasteiger partial charge in [0.15, 0.2) is 0 Å². The fraction of sp³-hybridized carbons (Fsp3) is 0.500. The monoisotopic (exact) mass is 258 g/mol. The van der Waals surface area contributed by atoms with Crippen LogP contribution in [0.2, 0.25) is 0 Å². The summed E-state index contributed by atoms with van der Waals surface area (Å²) in [7, 11) is 0. The molecule has 3 heteroatoms. The lowest BCUT2D eigenvalue weighted by atomic mass is 9.91. The molecule has 1 unspecified atom stereocenters. The number of hydrogen-bond acceptors (Lipinski definition) is 2. The van der Waals surface area contributed by atoms with Crippen molar-refractivity contribution < 1.29 is 4.74 Å². The lowest BCUT2D eigenvalue weighted by Gasteiger charge is -2.23. The molecule has 19 heavy (non-hydrogen) atoms. The number of ether oxygens (including phenoxy) is 1. The van der Waals surface area contributed by atoms with Crippen molar-refractivity contribution in [1.82, 2.24) is 10.3 Å². The standard InChI is InChI=1S/C16H22N2O/c1-3-17-15-7-5-6-12-13-10-11(19-4-2)8-9-14(13)18-16(12)15/h8-10,15,17-18H,3-7H2,1-2H3. The summed E-state index contributed by atoms with van der Waals surface area (Å²) >= 11 is 0. The maximum Gasteiger partial charge on any atom is 0.120 e. The van der Waals surface area contributed by atoms with E-state index in [9.17, 15) is 0 Å². The molecule has 1 aromatic heterocycles. The van der Waals surface area contributed by atoms with Crippen LogP contribution in [0.25, 0.3) is 10.9 Å². The van der Waals surface area contributed by atoms with Crippen molar-refractivity contribution in [2.45, 2.75) is 39.2 Å². The molecule has 102 valence electrons. The molecular formula is C16H22N2O. The molecule has 1 aromatic carbocycles. The smallest absolute Gasteiger partial charge is 0.120 e. The third kappa shape index (κ3) is 2.23. The predicted octanol–water partition coefficient (Wildman–Crippen LogP) is 3.55. The summed E-state index contributed by atoms with van der Waals surface area (Å²) in [5, 5.41) is 4.92. The summed E-state index contributed by atoms with van der Waals surface area (Å²) in [5.74, 6) is 0.974. The van der Waals surface area contributed by atoms with Crippen LogP contribution < -0.4 is 10.1 Å². The van der Waals surface area contributed by atoms with Gasteiger partial charge >= 0.3 is 0 Å². The van der Waals surface area contributed by atoms with E-state index >= 15 is 0 Å². The lowest BCUT2D eigenvalue weighted by molar-refractivity contribution is 0.340. The minimum atomic E-state index is 0.483. The number of rotatable bonds is 4. The van der Waals surface area contributed by atoms with Gasteiger partial charge in [-0.1, -0.05) is 6.92 Å². The summed E-state index contributed by atoms with van der Waals surface area (Å²) in [6, 6.07) is 6.86. The van der Waals surface area contributed by atoms with E-state index in [2.05, 4.69) is 35.4 Å². The molecule has 0 spiro atoms. The van der Waals surface area contributed by atoms with Crippen LogP contribution in [0.15, 0.2) is 18.2 Å². The first-order valence-corrected chi connectivity index (χ1v) is 7.34. The van der Waals surface area contributed by atoms with Gasteiger partial charge < -0.3 is 15.0 Å². The fourth-order valence-electron chi connectivity index (χ4n) is 3.15. The summed E-state index contributed by atoms with van der Waals surface area (Å²) in [5.41, 5.74) is 4.10. The largest absolute Gasteiger partial charge is 0.494 e. The van der Waals surface area contributed by atoms with Crippen LogP contribution in [-0.2, 0) is 6.42 Å². The van der Waals surface area contributed by atoms with E-state index in [0.29, 0.717) is 6.04 Å². The molecule has 0 amide bonds. The molecule has 0 saturated carbocycles. The Morgan fingerprint density at radius 2 is 2.26 bits per heavy atom. The highest BCUT2D eigenvalue weighted by Gasteiger charge is 2.23. The molecule has 3 nitrogen and oxygen atoms in total. The Labute approximate surface area is 114 Å². The first-order valence-electron chi connectivity index (χ1n) is 7.34. The van der Waals surface area contributed by atoms with Gasteiger partial charge in [-0.3, -0.25) is 0 Å². The highest BCUT2D eigenvalue weighted by Crippen LogP contribution is 2.36. The third-order valence-corrected chi connectivity index (χ3v) is 3.94. The molecular weight excluding hydrogens is 236 g/mol. The molecule has 1 aliphatic carbocycles. The zero-order valence-electron chi connectivity index (χ0n) is 11.8. The SMILES string of the molecule is CCNC1CCCc2c1[nH]c1ccc(OCC)cc21. The van der Waals surface area contributed by atoms with E-state index in [1.807, 2.05) is 6.92 Å². The highest BCUT2D eigenvalue weighted by atomic mass is 16.5. The van der Waals surface area contributed by atoms with Crippen molar-refractivity contribution in [3.63, 3.8) is 0 Å². The Bertz CT molecular complexity index is 573. The highest BCUT2D eigenvalue weighted by molar-refractivity contribution is 5.86. The minimum Gasteiger partial charge on any atom is -0.494 e. The van der Waals surface area contributed by atoms with Crippen molar-refractivity contribution >= 4 is 10.9 Å². The predicted molar refractivity (Wildman–Crippen MR) is 78.8 cm³/mol. The van der Waals surface area contributed by atoms with Gasteiger partial charge in [-0.25, -0.2) is 0 Å². The number of hydrogen-bond donors (Lipinski definition) is 2. The Kier molecular flexibility index (Phi) is 3.47. The molecule has 0 bridgehead atoms. The Balaban J connectivity index is 2.06. The van der Waals surface area contributed by atoms with Crippen LogP contribution >= 0.6 is 0 Å². The van der Waals surface area contributed by atoms with Gasteiger partial charge in [-0.2, -0.15) is 0 Å². The zero-order chi connectivity index (χ0) is 13.2. The summed E-state index contributed by atoms with van der Waals surface area (Å²) < 4.78 is 5.62. The molecule has 3 rings (SSSR count). The fourth-order valence-corrected chi connectivity index (χ4v) is 3.15. The number of aryl methyl sites for hydroxylation is 1. The van der Waals surface area contributed by atoms with E-state index in [0.717, 1.165) is 18.9 Å². The van der Waals surface area contributed by atoms with Crippen LogP contribution in [-0.4, -0.2) is 18.1 Å².